The number of hydrogen-bond acceptors (Lipinski definition) is 5. The molecule has 0 aliphatic carbocycles. The van der Waals surface area contributed by atoms with Crippen molar-refractivity contribution >= 4 is 11.0 Å². The number of hydrogen-bond donors (Lipinski definition) is 1. The van der Waals surface area contributed by atoms with E-state index in [0.717, 1.165) is 22.2 Å². The Bertz CT molecular complexity index is 1180. The zero-order valence-electron chi connectivity index (χ0n) is 15.8. The summed E-state index contributed by atoms with van der Waals surface area (Å²) in [6.45, 7) is 6.61. The van der Waals surface area contributed by atoms with Gasteiger partial charge in [0.05, 0.1) is 42.0 Å². The summed E-state index contributed by atoms with van der Waals surface area (Å²) in [5.41, 5.74) is 4.45. The minimum Gasteiger partial charge on any atom is -0.367 e. The molecular formula is C20H19FN6O. The van der Waals surface area contributed by atoms with Crippen molar-refractivity contribution in [3.63, 3.8) is 0 Å². The van der Waals surface area contributed by atoms with E-state index in [0.29, 0.717) is 23.6 Å². The Morgan fingerprint density at radius 1 is 1.21 bits per heavy atom. The van der Waals surface area contributed by atoms with Crippen molar-refractivity contribution in [2.45, 2.75) is 39.0 Å². The molecule has 5 rings (SSSR count). The summed E-state index contributed by atoms with van der Waals surface area (Å²) < 4.78 is 21.6. The number of aromatic nitrogens is 6. The molecule has 0 fully saturated rings. The lowest BCUT2D eigenvalue weighted by Crippen LogP contribution is -2.40. The van der Waals surface area contributed by atoms with E-state index in [1.54, 1.807) is 18.5 Å². The lowest BCUT2D eigenvalue weighted by atomic mass is 9.95. The molecule has 1 N–H and O–H groups in total. The summed E-state index contributed by atoms with van der Waals surface area (Å²) in [7, 11) is 0. The fourth-order valence-electron chi connectivity index (χ4n) is 3.64. The van der Waals surface area contributed by atoms with Gasteiger partial charge in [-0.25, -0.2) is 9.37 Å². The van der Waals surface area contributed by atoms with E-state index in [1.807, 2.05) is 10.7 Å². The third-order valence-corrected chi connectivity index (χ3v) is 5.56. The van der Waals surface area contributed by atoms with Gasteiger partial charge in [-0.1, -0.05) is 0 Å². The molecule has 8 heteroatoms. The molecule has 1 atom stereocenters. The van der Waals surface area contributed by atoms with Crippen LogP contribution >= 0.6 is 0 Å². The van der Waals surface area contributed by atoms with Crippen LogP contribution in [0.1, 0.15) is 32.5 Å². The van der Waals surface area contributed by atoms with E-state index in [4.69, 9.17) is 9.84 Å². The van der Waals surface area contributed by atoms with Crippen molar-refractivity contribution < 1.29 is 9.13 Å². The molecule has 5 heterocycles. The molecule has 1 aliphatic rings. The summed E-state index contributed by atoms with van der Waals surface area (Å²) in [6.07, 6.45) is 4.70. The van der Waals surface area contributed by atoms with E-state index in [-0.39, 0.29) is 17.5 Å². The highest BCUT2D eigenvalue weighted by atomic mass is 19.1. The number of nitrogens with one attached hydrogen (secondary N) is 1. The predicted octanol–water partition coefficient (Wildman–Crippen LogP) is 3.89. The summed E-state index contributed by atoms with van der Waals surface area (Å²) >= 11 is 0. The van der Waals surface area contributed by atoms with Gasteiger partial charge in [-0.15, -0.1) is 0 Å². The van der Waals surface area contributed by atoms with E-state index < -0.39 is 0 Å². The van der Waals surface area contributed by atoms with Crippen LogP contribution in [0.15, 0.2) is 36.8 Å². The van der Waals surface area contributed by atoms with Crippen molar-refractivity contribution in [1.29, 1.82) is 0 Å². The Balaban J connectivity index is 1.82. The first-order valence-electron chi connectivity index (χ1n) is 9.11. The summed E-state index contributed by atoms with van der Waals surface area (Å²) in [6, 6.07) is 5.00. The van der Waals surface area contributed by atoms with Gasteiger partial charge in [0.2, 0.25) is 0 Å². The highest BCUT2D eigenvalue weighted by Gasteiger charge is 2.38. The van der Waals surface area contributed by atoms with Crippen LogP contribution in [0.25, 0.3) is 33.5 Å². The van der Waals surface area contributed by atoms with Gasteiger partial charge in [0.1, 0.15) is 11.5 Å². The minimum absolute atomic E-state index is 0.0193. The maximum absolute atomic E-state index is 13.5. The van der Waals surface area contributed by atoms with Gasteiger partial charge in [0.15, 0.2) is 5.65 Å². The Morgan fingerprint density at radius 2 is 2.07 bits per heavy atom. The summed E-state index contributed by atoms with van der Waals surface area (Å²) in [5.74, 6) is -0.381. The SMILES string of the molecule is CC1n2nc(-c3ccc(F)cn3)c(-c3ccnc4[nH]ncc34)c2COC1(C)C. The Hall–Kier alpha value is -3.13. The average molecular weight is 378 g/mol. The van der Waals surface area contributed by atoms with E-state index in [9.17, 15) is 4.39 Å². The van der Waals surface area contributed by atoms with Crippen molar-refractivity contribution in [3.05, 3.63) is 48.3 Å². The topological polar surface area (TPSA) is 81.5 Å². The van der Waals surface area contributed by atoms with Crippen LogP contribution in [0, 0.1) is 5.82 Å². The van der Waals surface area contributed by atoms with Crippen molar-refractivity contribution in [3.8, 4) is 22.5 Å². The molecule has 1 unspecified atom stereocenters. The number of H-pyrrole nitrogens is 1. The molecule has 1 aliphatic heterocycles. The Kier molecular flexibility index (Phi) is 3.60. The van der Waals surface area contributed by atoms with Crippen molar-refractivity contribution in [1.82, 2.24) is 29.9 Å². The molecule has 4 aromatic rings. The number of fused-ring (bicyclic) bond motifs is 2. The number of rotatable bonds is 2. The van der Waals surface area contributed by atoms with Gasteiger partial charge in [0, 0.05) is 22.7 Å². The van der Waals surface area contributed by atoms with Crippen molar-refractivity contribution in [2.75, 3.05) is 0 Å². The second-order valence-electron chi connectivity index (χ2n) is 7.54. The monoisotopic (exact) mass is 378 g/mol. The molecule has 7 nitrogen and oxygen atoms in total. The van der Waals surface area contributed by atoms with Crippen LogP contribution in [0.3, 0.4) is 0 Å². The predicted molar refractivity (Wildman–Crippen MR) is 102 cm³/mol. The number of aromatic amines is 1. The van der Waals surface area contributed by atoms with Gasteiger partial charge in [-0.3, -0.25) is 14.8 Å². The molecular weight excluding hydrogens is 359 g/mol. The molecule has 0 aromatic carbocycles. The quantitative estimate of drug-likeness (QED) is 0.572. The lowest BCUT2D eigenvalue weighted by Gasteiger charge is -2.37. The number of nitrogens with zero attached hydrogens (tertiary/aromatic N) is 5. The number of pyridine rings is 2. The first-order chi connectivity index (χ1) is 13.5. The summed E-state index contributed by atoms with van der Waals surface area (Å²) in [4.78, 5) is 8.61. The van der Waals surface area contributed by atoms with Crippen LogP contribution in [0.5, 0.6) is 0 Å². The van der Waals surface area contributed by atoms with E-state index in [2.05, 4.69) is 40.9 Å². The fraction of sp³-hybridized carbons (Fsp3) is 0.300. The molecule has 0 spiro atoms. The Morgan fingerprint density at radius 3 is 2.86 bits per heavy atom. The second-order valence-corrected chi connectivity index (χ2v) is 7.54. The molecule has 0 amide bonds. The maximum atomic E-state index is 13.5. The third-order valence-electron chi connectivity index (χ3n) is 5.56. The molecule has 0 saturated carbocycles. The molecule has 0 saturated heterocycles. The highest BCUT2D eigenvalue weighted by molar-refractivity contribution is 5.97. The minimum atomic E-state index is -0.381. The van der Waals surface area contributed by atoms with Crippen molar-refractivity contribution in [2.24, 2.45) is 0 Å². The zero-order chi connectivity index (χ0) is 19.5. The zero-order valence-corrected chi connectivity index (χ0v) is 15.8. The van der Waals surface area contributed by atoms with Crippen LogP contribution in [-0.2, 0) is 11.3 Å². The van der Waals surface area contributed by atoms with E-state index in [1.165, 1.54) is 12.3 Å². The van der Waals surface area contributed by atoms with Crippen LogP contribution < -0.4 is 0 Å². The van der Waals surface area contributed by atoms with Crippen LogP contribution in [-0.4, -0.2) is 35.5 Å². The standard InChI is InChI=1S/C20H19FN6O/c1-11-20(2,3)28-10-16-17(13-6-7-22-19-14(13)9-24-25-19)18(26-27(11)16)15-5-4-12(21)8-23-15/h4-9,11H,10H2,1-3H3,(H,22,24,25). The first-order valence-corrected chi connectivity index (χ1v) is 9.11. The Labute approximate surface area is 160 Å². The third kappa shape index (κ3) is 2.45. The average Bonchev–Trinajstić information content (AvgIpc) is 3.30. The molecule has 28 heavy (non-hydrogen) atoms. The van der Waals surface area contributed by atoms with Crippen LogP contribution in [0.2, 0.25) is 0 Å². The normalized spacial score (nSPS) is 18.4. The number of halogens is 1. The largest absolute Gasteiger partial charge is 0.367 e. The van der Waals surface area contributed by atoms with E-state index >= 15 is 0 Å². The molecule has 0 radical (unpaired) electrons. The maximum Gasteiger partial charge on any atom is 0.155 e. The number of ether oxygens (including phenoxy) is 1. The lowest BCUT2D eigenvalue weighted by molar-refractivity contribution is -0.0883. The first kappa shape index (κ1) is 17.0. The van der Waals surface area contributed by atoms with Gasteiger partial charge in [-0.05, 0) is 39.0 Å². The van der Waals surface area contributed by atoms with Gasteiger partial charge in [-0.2, -0.15) is 10.2 Å². The molecule has 142 valence electrons. The van der Waals surface area contributed by atoms with Gasteiger partial charge in [0.25, 0.3) is 0 Å². The van der Waals surface area contributed by atoms with Gasteiger partial charge >= 0.3 is 0 Å². The molecule has 4 aromatic heterocycles. The fourth-order valence-corrected chi connectivity index (χ4v) is 3.64. The highest BCUT2D eigenvalue weighted by Crippen LogP contribution is 2.42. The van der Waals surface area contributed by atoms with Gasteiger partial charge < -0.3 is 4.74 Å². The van der Waals surface area contributed by atoms with Crippen LogP contribution in [0.4, 0.5) is 4.39 Å². The smallest absolute Gasteiger partial charge is 0.155 e. The molecule has 0 bridgehead atoms. The summed E-state index contributed by atoms with van der Waals surface area (Å²) in [5, 5.41) is 12.8. The second kappa shape index (κ2) is 5.93.